The first-order chi connectivity index (χ1) is 13.1. The molecule has 1 atom stereocenters. The summed E-state index contributed by atoms with van der Waals surface area (Å²) in [5, 5.41) is 6.75. The number of rotatable bonds is 4. The van der Waals surface area contributed by atoms with E-state index in [2.05, 4.69) is 10.2 Å². The standard InChI is InChI=1S/C17H18F5N5O/c18-11-2-3-13(19)10(6-11)7-12(23)8-15(28)26-4-1-5-27-14(9-26)24-25-16(27)17(20,21)22/h2-3,6,12H,1,4-5,7-9,23H2/t12-/m1/s1. The predicted molar refractivity (Wildman–Crippen MR) is 87.7 cm³/mol. The molecule has 2 N–H and O–H groups in total. The van der Waals surface area contributed by atoms with Crippen LogP contribution in [0.4, 0.5) is 22.0 Å². The summed E-state index contributed by atoms with van der Waals surface area (Å²) in [5.74, 6) is -2.67. The van der Waals surface area contributed by atoms with E-state index in [-0.39, 0.29) is 43.9 Å². The Hall–Kier alpha value is -2.56. The summed E-state index contributed by atoms with van der Waals surface area (Å²) < 4.78 is 66.8. The van der Waals surface area contributed by atoms with Crippen LogP contribution in [0.15, 0.2) is 18.2 Å². The van der Waals surface area contributed by atoms with Gasteiger partial charge in [-0.1, -0.05) is 0 Å². The van der Waals surface area contributed by atoms with E-state index in [1.807, 2.05) is 0 Å². The van der Waals surface area contributed by atoms with Gasteiger partial charge in [-0.05, 0) is 36.6 Å². The van der Waals surface area contributed by atoms with Crippen molar-refractivity contribution in [2.45, 2.75) is 44.6 Å². The largest absolute Gasteiger partial charge is 0.451 e. The zero-order chi connectivity index (χ0) is 20.5. The van der Waals surface area contributed by atoms with Crippen LogP contribution >= 0.6 is 0 Å². The van der Waals surface area contributed by atoms with Gasteiger partial charge in [-0.3, -0.25) is 4.79 Å². The molecule has 0 saturated heterocycles. The zero-order valence-electron chi connectivity index (χ0n) is 14.7. The van der Waals surface area contributed by atoms with Crippen molar-refractivity contribution in [3.05, 3.63) is 47.0 Å². The van der Waals surface area contributed by atoms with Gasteiger partial charge in [0.2, 0.25) is 11.7 Å². The lowest BCUT2D eigenvalue weighted by Crippen LogP contribution is -2.36. The molecular weight excluding hydrogens is 385 g/mol. The molecule has 152 valence electrons. The fourth-order valence-corrected chi connectivity index (χ4v) is 3.19. The van der Waals surface area contributed by atoms with E-state index in [1.54, 1.807) is 0 Å². The first kappa shape index (κ1) is 20.2. The van der Waals surface area contributed by atoms with Crippen molar-refractivity contribution in [2.24, 2.45) is 5.73 Å². The van der Waals surface area contributed by atoms with Gasteiger partial charge in [0, 0.05) is 25.6 Å². The van der Waals surface area contributed by atoms with Crippen LogP contribution in [0.2, 0.25) is 0 Å². The number of carbonyl (C=O) groups is 1. The summed E-state index contributed by atoms with van der Waals surface area (Å²) in [6.45, 7) is 0.158. The fourth-order valence-electron chi connectivity index (χ4n) is 3.19. The average Bonchev–Trinajstić information content (AvgIpc) is 2.89. The minimum absolute atomic E-state index is 0.0432. The highest BCUT2D eigenvalue weighted by Gasteiger charge is 2.39. The Balaban J connectivity index is 1.66. The van der Waals surface area contributed by atoms with Crippen molar-refractivity contribution in [2.75, 3.05) is 6.54 Å². The van der Waals surface area contributed by atoms with Gasteiger partial charge in [-0.15, -0.1) is 10.2 Å². The smallest absolute Gasteiger partial charge is 0.335 e. The Morgan fingerprint density at radius 2 is 1.96 bits per heavy atom. The summed E-state index contributed by atoms with van der Waals surface area (Å²) in [4.78, 5) is 13.9. The Morgan fingerprint density at radius 3 is 2.68 bits per heavy atom. The van der Waals surface area contributed by atoms with E-state index in [0.717, 1.165) is 22.8 Å². The molecule has 11 heteroatoms. The lowest BCUT2D eigenvalue weighted by Gasteiger charge is -2.21. The number of carbonyl (C=O) groups excluding carboxylic acids is 1. The molecule has 1 aromatic carbocycles. The van der Waals surface area contributed by atoms with Crippen molar-refractivity contribution < 1.29 is 26.7 Å². The van der Waals surface area contributed by atoms with Crippen molar-refractivity contribution in [3.63, 3.8) is 0 Å². The Bertz CT molecular complexity index is 866. The third kappa shape index (κ3) is 4.46. The number of benzene rings is 1. The molecule has 1 aromatic heterocycles. The molecule has 0 fully saturated rings. The first-order valence-electron chi connectivity index (χ1n) is 8.61. The van der Waals surface area contributed by atoms with Gasteiger partial charge in [-0.2, -0.15) is 13.2 Å². The SMILES string of the molecule is N[C@@H](CC(=O)N1CCCn2c(nnc2C(F)(F)F)C1)Cc1cc(F)ccc1F. The molecule has 1 aliphatic heterocycles. The third-order valence-corrected chi connectivity index (χ3v) is 4.50. The van der Waals surface area contributed by atoms with Crippen molar-refractivity contribution >= 4 is 5.91 Å². The van der Waals surface area contributed by atoms with Crippen LogP contribution in [0.5, 0.6) is 0 Å². The minimum Gasteiger partial charge on any atom is -0.335 e. The summed E-state index contributed by atoms with van der Waals surface area (Å²) >= 11 is 0. The molecule has 0 aliphatic carbocycles. The zero-order valence-corrected chi connectivity index (χ0v) is 14.7. The molecule has 1 amide bonds. The summed E-state index contributed by atoms with van der Waals surface area (Å²) in [7, 11) is 0. The van der Waals surface area contributed by atoms with E-state index < -0.39 is 35.6 Å². The lowest BCUT2D eigenvalue weighted by molar-refractivity contribution is -0.147. The minimum atomic E-state index is -4.62. The van der Waals surface area contributed by atoms with Crippen LogP contribution in [-0.2, 0) is 30.5 Å². The second-order valence-electron chi connectivity index (χ2n) is 6.66. The lowest BCUT2D eigenvalue weighted by atomic mass is 10.0. The maximum absolute atomic E-state index is 13.7. The molecule has 0 unspecified atom stereocenters. The van der Waals surface area contributed by atoms with E-state index in [1.165, 1.54) is 4.90 Å². The van der Waals surface area contributed by atoms with E-state index in [0.29, 0.717) is 6.42 Å². The fraction of sp³-hybridized carbons (Fsp3) is 0.471. The van der Waals surface area contributed by atoms with Crippen LogP contribution in [-0.4, -0.2) is 38.2 Å². The van der Waals surface area contributed by atoms with Crippen LogP contribution in [0.1, 0.15) is 30.1 Å². The molecule has 0 radical (unpaired) electrons. The second kappa shape index (κ2) is 7.82. The van der Waals surface area contributed by atoms with Gasteiger partial charge < -0.3 is 15.2 Å². The number of aromatic nitrogens is 3. The molecular formula is C17H18F5N5O. The number of hydrogen-bond donors (Lipinski definition) is 1. The van der Waals surface area contributed by atoms with Gasteiger partial charge in [0.25, 0.3) is 0 Å². The van der Waals surface area contributed by atoms with Gasteiger partial charge in [0.1, 0.15) is 11.6 Å². The molecule has 3 rings (SSSR count). The maximum Gasteiger partial charge on any atom is 0.451 e. The van der Waals surface area contributed by atoms with E-state index >= 15 is 0 Å². The van der Waals surface area contributed by atoms with E-state index in [9.17, 15) is 26.7 Å². The summed E-state index contributed by atoms with van der Waals surface area (Å²) in [5.41, 5.74) is 5.97. The second-order valence-corrected chi connectivity index (χ2v) is 6.66. The third-order valence-electron chi connectivity index (χ3n) is 4.50. The molecule has 2 heterocycles. The number of halogens is 5. The highest BCUT2D eigenvalue weighted by atomic mass is 19.4. The van der Waals surface area contributed by atoms with Gasteiger partial charge in [0.05, 0.1) is 6.54 Å². The Morgan fingerprint density at radius 1 is 1.21 bits per heavy atom. The monoisotopic (exact) mass is 403 g/mol. The van der Waals surface area contributed by atoms with Crippen molar-refractivity contribution in [1.82, 2.24) is 19.7 Å². The van der Waals surface area contributed by atoms with Gasteiger partial charge in [0.15, 0.2) is 5.82 Å². The molecule has 0 bridgehead atoms. The quantitative estimate of drug-likeness (QED) is 0.795. The number of hydrogen-bond acceptors (Lipinski definition) is 4. The predicted octanol–water partition coefficient (Wildman–Crippen LogP) is 2.27. The Labute approximate surface area is 157 Å². The highest BCUT2D eigenvalue weighted by molar-refractivity contribution is 5.76. The molecule has 1 aliphatic rings. The summed E-state index contributed by atoms with van der Waals surface area (Å²) in [6, 6.07) is 2.22. The van der Waals surface area contributed by atoms with Crippen LogP contribution in [0, 0.1) is 11.6 Å². The Kier molecular flexibility index (Phi) is 5.64. The molecule has 6 nitrogen and oxygen atoms in total. The van der Waals surface area contributed by atoms with E-state index in [4.69, 9.17) is 5.73 Å². The number of amides is 1. The van der Waals surface area contributed by atoms with Crippen LogP contribution < -0.4 is 5.73 Å². The first-order valence-corrected chi connectivity index (χ1v) is 8.61. The van der Waals surface area contributed by atoms with Gasteiger partial charge >= 0.3 is 6.18 Å². The number of nitrogens with zero attached hydrogens (tertiary/aromatic N) is 4. The number of alkyl halides is 3. The molecule has 28 heavy (non-hydrogen) atoms. The highest BCUT2D eigenvalue weighted by Crippen LogP contribution is 2.29. The topological polar surface area (TPSA) is 77.0 Å². The van der Waals surface area contributed by atoms with Crippen molar-refractivity contribution in [1.29, 1.82) is 0 Å². The van der Waals surface area contributed by atoms with Gasteiger partial charge in [-0.25, -0.2) is 8.78 Å². The number of fused-ring (bicyclic) bond motifs is 1. The van der Waals surface area contributed by atoms with Crippen LogP contribution in [0.25, 0.3) is 0 Å². The summed E-state index contributed by atoms with van der Waals surface area (Å²) in [6.07, 6.45) is -4.52. The molecule has 0 saturated carbocycles. The van der Waals surface area contributed by atoms with Crippen molar-refractivity contribution in [3.8, 4) is 0 Å². The normalized spacial score (nSPS) is 15.9. The molecule has 2 aromatic rings. The van der Waals surface area contributed by atoms with Crippen LogP contribution in [0.3, 0.4) is 0 Å². The number of nitrogens with two attached hydrogens (primary N) is 1. The maximum atomic E-state index is 13.7. The molecule has 0 spiro atoms. The average molecular weight is 403 g/mol.